The molecule has 1 fully saturated rings. The van der Waals surface area contributed by atoms with Gasteiger partial charge >= 0.3 is 0 Å². The van der Waals surface area contributed by atoms with Crippen molar-refractivity contribution in [2.45, 2.75) is 37.8 Å². The van der Waals surface area contributed by atoms with Gasteiger partial charge < -0.3 is 9.64 Å². The Kier molecular flexibility index (Phi) is 4.87. The third-order valence-corrected chi connectivity index (χ3v) is 7.20. The fraction of sp³-hybridized carbons (Fsp3) is 0.360. The summed E-state index contributed by atoms with van der Waals surface area (Å²) < 4.78 is 36.8. The van der Waals surface area contributed by atoms with Crippen molar-refractivity contribution in [3.05, 3.63) is 59.0 Å². The summed E-state index contributed by atoms with van der Waals surface area (Å²) in [6.07, 6.45) is 4.86. The van der Waals surface area contributed by atoms with E-state index in [9.17, 15) is 13.6 Å². The van der Waals surface area contributed by atoms with E-state index in [4.69, 9.17) is 9.84 Å². The summed E-state index contributed by atoms with van der Waals surface area (Å²) in [5.74, 6) is -2.28. The van der Waals surface area contributed by atoms with Crippen molar-refractivity contribution in [2.24, 2.45) is 14.1 Å². The van der Waals surface area contributed by atoms with Crippen molar-refractivity contribution in [1.82, 2.24) is 29.4 Å². The molecule has 2 atom stereocenters. The SMILES string of the molecule is COc1cc(-c2c3c(nn2C)C2CCCC(C3)N2C(=O)c2nn(C)c3ncccc23)cc(F)c1F. The number of aromatic nitrogens is 5. The molecule has 4 aromatic rings. The zero-order chi connectivity index (χ0) is 24.4. The highest BCUT2D eigenvalue weighted by Crippen LogP contribution is 2.45. The van der Waals surface area contributed by atoms with E-state index in [0.717, 1.165) is 35.9 Å². The number of hydrogen-bond acceptors (Lipinski definition) is 5. The molecule has 6 rings (SSSR count). The van der Waals surface area contributed by atoms with Gasteiger partial charge in [-0.25, -0.2) is 14.1 Å². The zero-order valence-corrected chi connectivity index (χ0v) is 19.6. The molecule has 0 radical (unpaired) electrons. The van der Waals surface area contributed by atoms with Gasteiger partial charge in [0, 0.05) is 37.5 Å². The summed E-state index contributed by atoms with van der Waals surface area (Å²) in [7, 11) is 4.88. The molecule has 2 bridgehead atoms. The molecule has 35 heavy (non-hydrogen) atoms. The molecule has 180 valence electrons. The van der Waals surface area contributed by atoms with E-state index >= 15 is 0 Å². The molecule has 0 saturated carbocycles. The number of hydrogen-bond donors (Lipinski definition) is 0. The van der Waals surface area contributed by atoms with Gasteiger partial charge in [0.25, 0.3) is 5.91 Å². The van der Waals surface area contributed by atoms with Crippen molar-refractivity contribution in [3.63, 3.8) is 0 Å². The summed E-state index contributed by atoms with van der Waals surface area (Å²) in [4.78, 5) is 20.1. The lowest BCUT2D eigenvalue weighted by molar-refractivity contribution is 0.0387. The molecule has 0 N–H and O–H groups in total. The Morgan fingerprint density at radius 3 is 2.77 bits per heavy atom. The minimum Gasteiger partial charge on any atom is -0.494 e. The summed E-state index contributed by atoms with van der Waals surface area (Å²) in [6.45, 7) is 0. The Bertz CT molecular complexity index is 1490. The molecular formula is C25H24F2N6O2. The van der Waals surface area contributed by atoms with Crippen molar-refractivity contribution in [2.75, 3.05) is 7.11 Å². The first-order chi connectivity index (χ1) is 16.9. The van der Waals surface area contributed by atoms with Gasteiger partial charge in [-0.2, -0.15) is 14.6 Å². The van der Waals surface area contributed by atoms with E-state index in [1.54, 1.807) is 35.7 Å². The molecule has 10 heteroatoms. The maximum atomic E-state index is 14.3. The van der Waals surface area contributed by atoms with Gasteiger partial charge in [-0.3, -0.25) is 9.48 Å². The van der Waals surface area contributed by atoms with Crippen molar-refractivity contribution < 1.29 is 18.3 Å². The topological polar surface area (TPSA) is 78.1 Å². The standard InChI is InChI=1S/C25H24F2N6O2/c1-31-23(13-10-17(26)20(27)19(11-13)35-3)16-12-14-6-4-8-18(21(16)29-31)33(14)25(34)22-15-7-5-9-28-24(15)32(2)30-22/h5,7,9-11,14,18H,4,6,8,12H2,1-3H3. The fourth-order valence-corrected chi connectivity index (χ4v) is 5.73. The van der Waals surface area contributed by atoms with E-state index in [-0.39, 0.29) is 23.7 Å². The van der Waals surface area contributed by atoms with Gasteiger partial charge in [0.05, 0.1) is 29.9 Å². The molecule has 1 amide bonds. The number of ether oxygens (including phenoxy) is 1. The molecule has 5 heterocycles. The number of nitrogens with zero attached hydrogens (tertiary/aromatic N) is 6. The number of piperidine rings is 1. The molecule has 3 aromatic heterocycles. The Morgan fingerprint density at radius 1 is 1.14 bits per heavy atom. The minimum absolute atomic E-state index is 0.0439. The quantitative estimate of drug-likeness (QED) is 0.446. The summed E-state index contributed by atoms with van der Waals surface area (Å²) in [6, 6.07) is 6.08. The van der Waals surface area contributed by atoms with E-state index < -0.39 is 11.6 Å². The largest absolute Gasteiger partial charge is 0.494 e. The van der Waals surface area contributed by atoms with Crippen LogP contribution in [0.25, 0.3) is 22.3 Å². The Balaban J connectivity index is 1.45. The number of rotatable bonds is 3. The van der Waals surface area contributed by atoms with E-state index in [1.807, 2.05) is 11.0 Å². The summed E-state index contributed by atoms with van der Waals surface area (Å²) in [5.41, 5.74) is 4.02. The van der Waals surface area contributed by atoms with Crippen LogP contribution >= 0.6 is 0 Å². The molecule has 2 unspecified atom stereocenters. The van der Waals surface area contributed by atoms with Crippen LogP contribution in [0.2, 0.25) is 0 Å². The lowest BCUT2D eigenvalue weighted by Crippen LogP contribution is -2.50. The molecule has 8 nitrogen and oxygen atoms in total. The predicted octanol–water partition coefficient (Wildman–Crippen LogP) is 3.95. The van der Waals surface area contributed by atoms with E-state index in [1.165, 1.54) is 19.2 Å². The van der Waals surface area contributed by atoms with Crippen LogP contribution in [0.5, 0.6) is 5.75 Å². The second kappa shape index (κ2) is 7.86. The normalized spacial score (nSPS) is 19.2. The smallest absolute Gasteiger partial charge is 0.275 e. The van der Waals surface area contributed by atoms with Gasteiger partial charge in [0.2, 0.25) is 5.82 Å². The highest BCUT2D eigenvalue weighted by molar-refractivity contribution is 6.04. The summed E-state index contributed by atoms with van der Waals surface area (Å²) >= 11 is 0. The first-order valence-corrected chi connectivity index (χ1v) is 11.6. The summed E-state index contributed by atoms with van der Waals surface area (Å²) in [5, 5.41) is 10.0. The molecule has 2 aliphatic rings. The maximum Gasteiger partial charge on any atom is 0.275 e. The molecule has 1 saturated heterocycles. The number of amides is 1. The second-order valence-electron chi connectivity index (χ2n) is 9.17. The number of carbonyl (C=O) groups excluding carboxylic acids is 1. The number of fused-ring (bicyclic) bond motifs is 5. The van der Waals surface area contributed by atoms with Crippen LogP contribution in [0.3, 0.4) is 0 Å². The minimum atomic E-state index is -1.02. The van der Waals surface area contributed by atoms with Gasteiger partial charge in [-0.15, -0.1) is 0 Å². The highest BCUT2D eigenvalue weighted by atomic mass is 19.2. The zero-order valence-electron chi connectivity index (χ0n) is 19.6. The Morgan fingerprint density at radius 2 is 1.97 bits per heavy atom. The average molecular weight is 479 g/mol. The van der Waals surface area contributed by atoms with E-state index in [2.05, 4.69) is 10.1 Å². The van der Waals surface area contributed by atoms with Gasteiger partial charge in [0.1, 0.15) is 0 Å². The van der Waals surface area contributed by atoms with Crippen molar-refractivity contribution in [1.29, 1.82) is 0 Å². The monoisotopic (exact) mass is 478 g/mol. The lowest BCUT2D eigenvalue weighted by atomic mass is 9.81. The van der Waals surface area contributed by atoms with Crippen LogP contribution in [0, 0.1) is 11.6 Å². The Labute approximate surface area is 200 Å². The van der Waals surface area contributed by atoms with Crippen LogP contribution < -0.4 is 4.74 Å². The first-order valence-electron chi connectivity index (χ1n) is 11.6. The number of methoxy groups -OCH3 is 1. The van der Waals surface area contributed by atoms with Crippen LogP contribution in [0.1, 0.15) is 47.1 Å². The van der Waals surface area contributed by atoms with Crippen molar-refractivity contribution in [3.8, 4) is 17.0 Å². The molecule has 1 aromatic carbocycles. The maximum absolute atomic E-state index is 14.3. The van der Waals surface area contributed by atoms with Crippen LogP contribution in [0.4, 0.5) is 8.78 Å². The van der Waals surface area contributed by atoms with Crippen molar-refractivity contribution >= 4 is 16.9 Å². The fourth-order valence-electron chi connectivity index (χ4n) is 5.73. The third-order valence-electron chi connectivity index (χ3n) is 7.20. The van der Waals surface area contributed by atoms with Crippen LogP contribution in [0.15, 0.2) is 30.5 Å². The molecule has 0 aliphatic carbocycles. The van der Waals surface area contributed by atoms with E-state index in [0.29, 0.717) is 29.0 Å². The van der Waals surface area contributed by atoms with Gasteiger partial charge in [-0.1, -0.05) is 0 Å². The van der Waals surface area contributed by atoms with Crippen LogP contribution in [-0.2, 0) is 20.5 Å². The molecule has 2 aliphatic heterocycles. The number of halogens is 2. The first kappa shape index (κ1) is 21.7. The van der Waals surface area contributed by atoms with Gasteiger partial charge in [0.15, 0.2) is 22.9 Å². The number of aryl methyl sites for hydroxylation is 2. The van der Waals surface area contributed by atoms with Gasteiger partial charge in [-0.05, 0) is 49.9 Å². The molecule has 0 spiro atoms. The average Bonchev–Trinajstić information content (AvgIpc) is 3.36. The third kappa shape index (κ3) is 3.15. The number of benzene rings is 1. The van der Waals surface area contributed by atoms with Crippen LogP contribution in [-0.4, -0.2) is 48.5 Å². The Hall–Kier alpha value is -3.82. The number of carbonyl (C=O) groups is 1. The predicted molar refractivity (Wildman–Crippen MR) is 124 cm³/mol. The second-order valence-corrected chi connectivity index (χ2v) is 9.17. The highest BCUT2D eigenvalue weighted by Gasteiger charge is 2.44. The number of pyridine rings is 1. The lowest BCUT2D eigenvalue weighted by Gasteiger charge is -2.45. The molecular weight excluding hydrogens is 454 g/mol.